The third-order valence-electron chi connectivity index (χ3n) is 6.63. The summed E-state index contributed by atoms with van der Waals surface area (Å²) in [7, 11) is 1.58. The highest BCUT2D eigenvalue weighted by molar-refractivity contribution is 5.95. The number of benzene rings is 1. The molecule has 4 heterocycles. The van der Waals surface area contributed by atoms with Crippen LogP contribution in [0.5, 0.6) is 0 Å². The summed E-state index contributed by atoms with van der Waals surface area (Å²) in [5, 5.41) is 12.2. The molecule has 3 aromatic heterocycles. The van der Waals surface area contributed by atoms with Gasteiger partial charge < -0.3 is 18.4 Å². The van der Waals surface area contributed by atoms with Gasteiger partial charge in [-0.15, -0.1) is 10.2 Å². The molecule has 2 atom stereocenters. The summed E-state index contributed by atoms with van der Waals surface area (Å²) < 4.78 is 12.6. The van der Waals surface area contributed by atoms with Crippen molar-refractivity contribution in [3.8, 4) is 18.2 Å². The predicted octanol–water partition coefficient (Wildman–Crippen LogP) is 3.52. The van der Waals surface area contributed by atoms with Crippen LogP contribution < -0.4 is 5.56 Å². The first kappa shape index (κ1) is 24.1. The van der Waals surface area contributed by atoms with Crippen LogP contribution in [0.3, 0.4) is 0 Å². The molecule has 0 aliphatic carbocycles. The zero-order valence-electron chi connectivity index (χ0n) is 20.8. The maximum Gasteiger partial charge on any atom is 0.357 e. The van der Waals surface area contributed by atoms with E-state index in [-0.39, 0.29) is 34.9 Å². The molecule has 0 radical (unpaired) electrons. The van der Waals surface area contributed by atoms with E-state index in [4.69, 9.17) is 15.5 Å². The second-order valence-corrected chi connectivity index (χ2v) is 9.34. The van der Waals surface area contributed by atoms with Crippen LogP contribution in [-0.2, 0) is 19.0 Å². The number of hydrogen-bond donors (Lipinski definition) is 0. The number of likely N-dealkylation sites (tertiary alicyclic amines) is 1. The van der Waals surface area contributed by atoms with Gasteiger partial charge in [0, 0.05) is 32.1 Å². The van der Waals surface area contributed by atoms with Gasteiger partial charge in [0.1, 0.15) is 11.7 Å². The summed E-state index contributed by atoms with van der Waals surface area (Å²) in [6.07, 6.45) is 1.92. The van der Waals surface area contributed by atoms with Gasteiger partial charge in [0.2, 0.25) is 5.89 Å². The molecular weight excluding hydrogens is 474 g/mol. The average molecular weight is 501 g/mol. The number of carbonyl (C=O) groups excluding carboxylic acids is 1. The first-order valence-corrected chi connectivity index (χ1v) is 11.9. The van der Waals surface area contributed by atoms with Gasteiger partial charge in [0.25, 0.3) is 23.9 Å². The zero-order chi connectivity index (χ0) is 26.2. The molecule has 11 nitrogen and oxygen atoms in total. The molecule has 0 saturated carbocycles. The Hall–Kier alpha value is -4.59. The van der Waals surface area contributed by atoms with Crippen LogP contribution in [0.25, 0.3) is 16.4 Å². The Morgan fingerprint density at radius 1 is 1.24 bits per heavy atom. The van der Waals surface area contributed by atoms with E-state index < -0.39 is 5.54 Å². The molecular formula is C26H26N7O4+. The highest BCUT2D eigenvalue weighted by Gasteiger charge is 2.44. The van der Waals surface area contributed by atoms with Gasteiger partial charge in [-0.25, -0.2) is 0 Å². The van der Waals surface area contributed by atoms with Gasteiger partial charge in [-0.2, -0.15) is 4.98 Å². The minimum Gasteiger partial charge on any atom is -0.412 e. The van der Waals surface area contributed by atoms with Crippen molar-refractivity contribution in [3.05, 3.63) is 86.4 Å². The smallest absolute Gasteiger partial charge is 0.357 e. The lowest BCUT2D eigenvalue weighted by molar-refractivity contribution is 0.0710. The highest BCUT2D eigenvalue weighted by atomic mass is 16.5. The van der Waals surface area contributed by atoms with Gasteiger partial charge in [0.15, 0.2) is 5.82 Å². The molecule has 0 spiro atoms. The number of amides is 1. The average Bonchev–Trinajstić information content (AvgIpc) is 3.66. The van der Waals surface area contributed by atoms with Crippen LogP contribution in [0.15, 0.2) is 56.2 Å². The number of nitrogens with zero attached hydrogens (tertiary/aromatic N) is 7. The maximum atomic E-state index is 13.5. The molecule has 11 heteroatoms. The van der Waals surface area contributed by atoms with E-state index in [1.54, 1.807) is 31.9 Å². The predicted molar refractivity (Wildman–Crippen MR) is 133 cm³/mol. The Labute approximate surface area is 212 Å². The number of aryl methyl sites for hydroxylation is 1. The largest absolute Gasteiger partial charge is 0.412 e. The molecule has 37 heavy (non-hydrogen) atoms. The molecule has 4 aromatic rings. The number of rotatable bonds is 6. The molecule has 1 amide bonds. The minimum absolute atomic E-state index is 0.0812. The van der Waals surface area contributed by atoms with E-state index in [0.29, 0.717) is 36.8 Å². The van der Waals surface area contributed by atoms with Crippen LogP contribution in [0, 0.1) is 13.5 Å². The van der Waals surface area contributed by atoms with Crippen molar-refractivity contribution in [1.29, 1.82) is 0 Å². The monoisotopic (exact) mass is 500 g/mol. The summed E-state index contributed by atoms with van der Waals surface area (Å²) >= 11 is 0. The third kappa shape index (κ3) is 4.53. The van der Waals surface area contributed by atoms with E-state index in [1.807, 2.05) is 30.3 Å². The lowest BCUT2D eigenvalue weighted by Gasteiger charge is -2.22. The second kappa shape index (κ2) is 9.46. The fourth-order valence-electron chi connectivity index (χ4n) is 4.56. The van der Waals surface area contributed by atoms with Gasteiger partial charge in [0.05, 0.1) is 6.42 Å². The Morgan fingerprint density at radius 3 is 2.73 bits per heavy atom. The van der Waals surface area contributed by atoms with Crippen molar-refractivity contribution in [2.24, 2.45) is 7.05 Å². The lowest BCUT2D eigenvalue weighted by Crippen LogP contribution is -2.32. The molecule has 0 N–H and O–H groups in total. The molecule has 1 aromatic carbocycles. The van der Waals surface area contributed by atoms with Crippen molar-refractivity contribution in [2.45, 2.75) is 44.7 Å². The first-order chi connectivity index (χ1) is 17.8. The molecule has 5 rings (SSSR count). The van der Waals surface area contributed by atoms with Gasteiger partial charge in [-0.3, -0.25) is 9.59 Å². The molecule has 1 fully saturated rings. The molecule has 1 saturated heterocycles. The minimum atomic E-state index is -0.982. The molecule has 1 aliphatic rings. The second-order valence-electron chi connectivity index (χ2n) is 9.34. The molecule has 2 unspecified atom stereocenters. The Balaban J connectivity index is 1.47. The lowest BCUT2D eigenvalue weighted by atomic mass is 9.93. The van der Waals surface area contributed by atoms with Crippen molar-refractivity contribution < 1.29 is 13.7 Å². The van der Waals surface area contributed by atoms with Gasteiger partial charge >= 0.3 is 11.4 Å². The zero-order valence-corrected chi connectivity index (χ0v) is 20.8. The van der Waals surface area contributed by atoms with Crippen molar-refractivity contribution >= 4 is 5.91 Å². The first-order valence-electron chi connectivity index (χ1n) is 11.9. The quantitative estimate of drug-likeness (QED) is 0.394. The Morgan fingerprint density at radius 2 is 2.03 bits per heavy atom. The van der Waals surface area contributed by atoms with Gasteiger partial charge in [-0.05, 0) is 31.4 Å². The summed E-state index contributed by atoms with van der Waals surface area (Å²) in [4.78, 5) is 36.3. The number of hydrogen-bond acceptors (Lipinski definition) is 8. The number of aromatic nitrogens is 5. The van der Waals surface area contributed by atoms with Crippen LogP contribution in [0.1, 0.15) is 59.3 Å². The number of pyridine rings is 1. The topological polar surface area (TPSA) is 125 Å². The van der Waals surface area contributed by atoms with Crippen LogP contribution in [-0.4, -0.2) is 42.3 Å². The van der Waals surface area contributed by atoms with E-state index in [0.717, 1.165) is 12.0 Å². The van der Waals surface area contributed by atoms with Crippen LogP contribution in [0.2, 0.25) is 0 Å². The standard InChI is InChI=1S/C26H26N7O4/c1-16-28-22(37-31-16)19-11-8-12-33(19)24(35)18-13-20(32(4)21(34)14-18)23-29-30-25(36-23)26(2,27-3)15-17-9-6-5-7-10-17/h3,5-7,9-10,13-14,19H,8,11-12,15H2,1-2,4H3/q+1. The van der Waals surface area contributed by atoms with E-state index in [1.165, 1.54) is 10.6 Å². The van der Waals surface area contributed by atoms with Crippen LogP contribution >= 0.6 is 0 Å². The van der Waals surface area contributed by atoms with Crippen molar-refractivity contribution in [1.82, 2.24) is 29.8 Å². The van der Waals surface area contributed by atoms with E-state index in [9.17, 15) is 9.59 Å². The number of carbonyl (C=O) groups is 1. The third-order valence-corrected chi connectivity index (χ3v) is 6.63. The van der Waals surface area contributed by atoms with E-state index in [2.05, 4.69) is 25.2 Å². The van der Waals surface area contributed by atoms with Crippen molar-refractivity contribution in [3.63, 3.8) is 0 Å². The molecule has 1 aliphatic heterocycles. The SMILES string of the molecule is C#[N+]C(C)(Cc1ccccc1)c1nnc(-c2cc(C(=O)N3CCCC3c3nc(C)no3)cc(=O)n2C)o1. The maximum absolute atomic E-state index is 13.5. The summed E-state index contributed by atoms with van der Waals surface area (Å²) in [5.41, 5.74) is 0.134. The fourth-order valence-corrected chi connectivity index (χ4v) is 4.56. The Kier molecular flexibility index (Phi) is 6.17. The normalized spacial score (nSPS) is 16.9. The fraction of sp³-hybridized carbons (Fsp3) is 0.346. The van der Waals surface area contributed by atoms with E-state index >= 15 is 0 Å². The Bertz CT molecular complexity index is 1550. The van der Waals surface area contributed by atoms with Gasteiger partial charge in [-0.1, -0.05) is 40.3 Å². The molecule has 0 bridgehead atoms. The summed E-state index contributed by atoms with van der Waals surface area (Å²) in [5.74, 6) is 0.850. The van der Waals surface area contributed by atoms with Crippen LogP contribution in [0.4, 0.5) is 0 Å². The molecule has 188 valence electrons. The van der Waals surface area contributed by atoms with Crippen molar-refractivity contribution in [2.75, 3.05) is 6.54 Å². The summed E-state index contributed by atoms with van der Waals surface area (Å²) in [6, 6.07) is 12.2. The summed E-state index contributed by atoms with van der Waals surface area (Å²) in [6.45, 7) is 9.79. The highest BCUT2D eigenvalue weighted by Crippen LogP contribution is 2.33.